The van der Waals surface area contributed by atoms with Gasteiger partial charge < -0.3 is 4.74 Å². The molecule has 118 valence electrons. The lowest BCUT2D eigenvalue weighted by molar-refractivity contribution is -0.275. The second kappa shape index (κ2) is 6.47. The van der Waals surface area contributed by atoms with Crippen LogP contribution in [-0.4, -0.2) is 17.7 Å². The van der Waals surface area contributed by atoms with Crippen LogP contribution in [-0.2, 0) is 4.79 Å². The van der Waals surface area contributed by atoms with Crippen LogP contribution >= 0.6 is 27.7 Å². The van der Waals surface area contributed by atoms with Crippen LogP contribution in [0, 0.1) is 0 Å². The van der Waals surface area contributed by atoms with Crippen LogP contribution in [0.1, 0.15) is 17.3 Å². The number of thioether (sulfide) groups is 1. The Hall–Kier alpha value is -0.900. The summed E-state index contributed by atoms with van der Waals surface area (Å²) in [7, 11) is 0. The molecule has 10 heteroatoms. The number of hydrogen-bond donors (Lipinski definition) is 0. The number of rotatable bonds is 4. The van der Waals surface area contributed by atoms with E-state index in [2.05, 4.69) is 20.7 Å². The molecule has 2 nitrogen and oxygen atoms in total. The summed E-state index contributed by atoms with van der Waals surface area (Å²) in [5.74, 6) is -1.37. The summed E-state index contributed by atoms with van der Waals surface area (Å²) in [6, 6.07) is 2.54. The Morgan fingerprint density at radius 3 is 2.24 bits per heavy atom. The van der Waals surface area contributed by atoms with Crippen LogP contribution in [0.5, 0.6) is 5.75 Å². The van der Waals surface area contributed by atoms with E-state index in [9.17, 15) is 31.1 Å². The van der Waals surface area contributed by atoms with E-state index in [4.69, 9.17) is 0 Å². The van der Waals surface area contributed by atoms with Gasteiger partial charge >= 0.3 is 11.9 Å². The van der Waals surface area contributed by atoms with Crippen LogP contribution < -0.4 is 4.74 Å². The van der Waals surface area contributed by atoms with Gasteiger partial charge in [0.05, 0.1) is 0 Å². The number of alkyl halides is 7. The highest BCUT2D eigenvalue weighted by molar-refractivity contribution is 9.09. The molecule has 0 N–H and O–H groups in total. The fourth-order valence-corrected chi connectivity index (χ4v) is 2.30. The minimum Gasteiger partial charge on any atom is -0.405 e. The zero-order valence-corrected chi connectivity index (χ0v) is 12.6. The van der Waals surface area contributed by atoms with Gasteiger partial charge in [0.25, 0.3) is 0 Å². The molecule has 0 aliphatic heterocycles. The maximum absolute atomic E-state index is 12.3. The average Bonchev–Trinajstić information content (AvgIpc) is 2.23. The maximum atomic E-state index is 12.3. The van der Waals surface area contributed by atoms with Crippen molar-refractivity contribution in [3.63, 3.8) is 0 Å². The van der Waals surface area contributed by atoms with Crippen molar-refractivity contribution in [2.24, 2.45) is 0 Å². The summed E-state index contributed by atoms with van der Waals surface area (Å²) >= 11 is 2.29. The zero-order chi connectivity index (χ0) is 16.4. The fraction of sp³-hybridized carbons (Fsp3) is 0.364. The summed E-state index contributed by atoms with van der Waals surface area (Å²) in [5.41, 5.74) is -4.85. The summed E-state index contributed by atoms with van der Waals surface area (Å²) in [4.78, 5) is 9.62. The Morgan fingerprint density at radius 1 is 1.24 bits per heavy atom. The molecule has 0 aromatic heterocycles. The molecule has 21 heavy (non-hydrogen) atoms. The SMILES string of the molecule is CC(=O)C(Br)c1ccc(SC(F)(F)F)cc1OC(F)(F)F. The number of benzene rings is 1. The number of hydrogen-bond acceptors (Lipinski definition) is 3. The molecular formula is C11H7BrF6O2S. The fourth-order valence-electron chi connectivity index (χ4n) is 1.35. The maximum Gasteiger partial charge on any atom is 0.573 e. The van der Waals surface area contributed by atoms with E-state index in [1.807, 2.05) is 0 Å². The Balaban J connectivity index is 3.23. The van der Waals surface area contributed by atoms with Crippen LogP contribution in [0.4, 0.5) is 26.3 Å². The van der Waals surface area contributed by atoms with Crippen LogP contribution in [0.15, 0.2) is 23.1 Å². The molecule has 0 spiro atoms. The van der Waals surface area contributed by atoms with Crippen molar-refractivity contribution in [1.82, 2.24) is 0 Å². The lowest BCUT2D eigenvalue weighted by Crippen LogP contribution is -2.19. The van der Waals surface area contributed by atoms with Crippen LogP contribution in [0.2, 0.25) is 0 Å². The molecule has 0 aliphatic rings. The van der Waals surface area contributed by atoms with Crippen LogP contribution in [0.3, 0.4) is 0 Å². The van der Waals surface area contributed by atoms with E-state index in [1.165, 1.54) is 0 Å². The predicted octanol–water partition coefficient (Wildman–Crippen LogP) is 5.22. The first kappa shape index (κ1) is 18.1. The summed E-state index contributed by atoms with van der Waals surface area (Å²) in [6.07, 6.45) is -5.08. The first-order valence-electron chi connectivity index (χ1n) is 5.19. The minimum atomic E-state index is -5.08. The van der Waals surface area contributed by atoms with Gasteiger partial charge in [-0.1, -0.05) is 22.0 Å². The van der Waals surface area contributed by atoms with Crippen molar-refractivity contribution < 1.29 is 35.9 Å². The highest BCUT2D eigenvalue weighted by Crippen LogP contribution is 2.42. The van der Waals surface area contributed by atoms with E-state index in [1.54, 1.807) is 0 Å². The van der Waals surface area contributed by atoms with E-state index in [-0.39, 0.29) is 5.56 Å². The van der Waals surface area contributed by atoms with Gasteiger partial charge in [0, 0.05) is 10.5 Å². The minimum absolute atomic E-state index is 0.202. The van der Waals surface area contributed by atoms with Crippen molar-refractivity contribution in [2.75, 3.05) is 0 Å². The molecule has 1 atom stereocenters. The quantitative estimate of drug-likeness (QED) is 0.396. The number of halogens is 7. The highest BCUT2D eigenvalue weighted by Gasteiger charge is 2.35. The molecule has 0 heterocycles. The van der Waals surface area contributed by atoms with Crippen molar-refractivity contribution in [1.29, 1.82) is 0 Å². The Morgan fingerprint density at radius 2 is 1.81 bits per heavy atom. The second-order valence-corrected chi connectivity index (χ2v) is 5.82. The van der Waals surface area contributed by atoms with Gasteiger partial charge in [-0.2, -0.15) is 13.2 Å². The number of ketones is 1. The van der Waals surface area contributed by atoms with Gasteiger partial charge in [0.1, 0.15) is 16.4 Å². The van der Waals surface area contributed by atoms with E-state index in [0.717, 1.165) is 19.1 Å². The molecule has 1 aromatic carbocycles. The Kier molecular flexibility index (Phi) is 5.59. The number of ether oxygens (including phenoxy) is 1. The second-order valence-electron chi connectivity index (χ2n) is 3.77. The van der Waals surface area contributed by atoms with Crippen molar-refractivity contribution in [2.45, 2.75) is 28.5 Å². The smallest absolute Gasteiger partial charge is 0.405 e. The molecule has 0 saturated carbocycles. The third-order valence-electron chi connectivity index (χ3n) is 2.07. The molecule has 1 unspecified atom stereocenters. The van der Waals surface area contributed by atoms with Gasteiger partial charge in [0.2, 0.25) is 0 Å². The van der Waals surface area contributed by atoms with Gasteiger partial charge in [-0.25, -0.2) is 0 Å². The van der Waals surface area contributed by atoms with Crippen LogP contribution in [0.25, 0.3) is 0 Å². The molecule has 1 aromatic rings. The molecule has 0 saturated heterocycles. The molecular weight excluding hydrogens is 390 g/mol. The molecule has 0 bridgehead atoms. The lowest BCUT2D eigenvalue weighted by atomic mass is 10.1. The number of carbonyl (C=O) groups excluding carboxylic acids is 1. The number of carbonyl (C=O) groups is 1. The predicted molar refractivity (Wildman–Crippen MR) is 67.4 cm³/mol. The Labute approximate surface area is 128 Å². The molecule has 0 fully saturated rings. The van der Waals surface area contributed by atoms with E-state index >= 15 is 0 Å². The first-order valence-corrected chi connectivity index (χ1v) is 6.92. The molecule has 0 radical (unpaired) electrons. The normalized spacial score (nSPS) is 13.9. The standard InChI is InChI=1S/C11H7BrF6O2S/c1-5(19)9(12)7-3-2-6(21-11(16,17)18)4-8(7)20-10(13,14)15/h2-4,9H,1H3. The number of Topliss-reactive ketones (excluding diaryl/α,β-unsaturated/α-hetero) is 1. The van der Waals surface area contributed by atoms with Gasteiger partial charge in [-0.3, -0.25) is 4.79 Å². The monoisotopic (exact) mass is 396 g/mol. The van der Waals surface area contributed by atoms with Gasteiger partial charge in [-0.15, -0.1) is 13.2 Å². The zero-order valence-electron chi connectivity index (χ0n) is 10.2. The van der Waals surface area contributed by atoms with Crippen molar-refractivity contribution in [3.05, 3.63) is 23.8 Å². The topological polar surface area (TPSA) is 26.3 Å². The van der Waals surface area contributed by atoms with E-state index in [0.29, 0.717) is 6.07 Å². The van der Waals surface area contributed by atoms with Gasteiger partial charge in [0.15, 0.2) is 0 Å². The van der Waals surface area contributed by atoms with Gasteiger partial charge in [-0.05, 0) is 30.8 Å². The summed E-state index contributed by atoms with van der Waals surface area (Å²) in [5, 5.41) is 0. The summed E-state index contributed by atoms with van der Waals surface area (Å²) in [6.45, 7) is 1.12. The largest absolute Gasteiger partial charge is 0.573 e. The lowest BCUT2D eigenvalue weighted by Gasteiger charge is -2.17. The first-order chi connectivity index (χ1) is 9.39. The van der Waals surface area contributed by atoms with E-state index < -0.39 is 44.9 Å². The highest BCUT2D eigenvalue weighted by atomic mass is 79.9. The molecule has 0 amide bonds. The molecule has 1 rings (SSSR count). The third kappa shape index (κ3) is 6.16. The average molecular weight is 397 g/mol. The van der Waals surface area contributed by atoms with Crippen molar-refractivity contribution >= 4 is 33.5 Å². The van der Waals surface area contributed by atoms with Crippen molar-refractivity contribution in [3.8, 4) is 5.75 Å². The summed E-state index contributed by atoms with van der Waals surface area (Å²) < 4.78 is 77.3. The third-order valence-corrected chi connectivity index (χ3v) is 3.93. The Bertz CT molecular complexity index is 528. The molecule has 0 aliphatic carbocycles.